The highest BCUT2D eigenvalue weighted by molar-refractivity contribution is 14.0. The average Bonchev–Trinajstić information content (AvgIpc) is 3.33. The fraction of sp³-hybridized carbons (Fsp3) is 0.600. The Morgan fingerprint density at radius 3 is 2.50 bits per heavy atom. The lowest BCUT2D eigenvalue weighted by molar-refractivity contribution is 0.210. The number of hydrogen-bond donors (Lipinski definition) is 2. The number of benzene rings is 1. The summed E-state index contributed by atoms with van der Waals surface area (Å²) in [6.07, 6.45) is 7.22. The Bertz CT molecular complexity index is 856. The number of ether oxygens (including phenoxy) is 1. The van der Waals surface area contributed by atoms with Crippen LogP contribution < -0.4 is 15.4 Å². The minimum absolute atomic E-state index is 0. The minimum atomic E-state index is 0. The number of aromatic nitrogens is 2. The zero-order valence-electron chi connectivity index (χ0n) is 20.3. The minimum Gasteiger partial charge on any atom is -0.490 e. The molecule has 1 aliphatic rings. The van der Waals surface area contributed by atoms with Crippen molar-refractivity contribution in [2.24, 2.45) is 12.0 Å². The molecule has 1 saturated carbocycles. The van der Waals surface area contributed by atoms with E-state index in [-0.39, 0.29) is 30.0 Å². The van der Waals surface area contributed by atoms with E-state index >= 15 is 0 Å². The third kappa shape index (κ3) is 7.67. The molecular weight excluding hydrogens is 513 g/mol. The molecule has 0 amide bonds. The number of guanidine groups is 1. The van der Waals surface area contributed by atoms with Gasteiger partial charge in [-0.05, 0) is 89.5 Å². The van der Waals surface area contributed by atoms with Crippen molar-refractivity contribution in [3.8, 4) is 5.75 Å². The summed E-state index contributed by atoms with van der Waals surface area (Å²) in [5.41, 5.74) is 4.94. The van der Waals surface area contributed by atoms with Crippen LogP contribution in [-0.2, 0) is 19.9 Å². The van der Waals surface area contributed by atoms with Crippen LogP contribution in [0.15, 0.2) is 29.3 Å². The molecule has 1 fully saturated rings. The molecule has 1 heterocycles. The van der Waals surface area contributed by atoms with Crippen LogP contribution in [0.2, 0.25) is 0 Å². The van der Waals surface area contributed by atoms with Crippen LogP contribution in [0.3, 0.4) is 0 Å². The van der Waals surface area contributed by atoms with Crippen molar-refractivity contribution in [2.45, 2.75) is 78.4 Å². The molecule has 0 spiro atoms. The molecule has 1 atom stereocenters. The lowest BCUT2D eigenvalue weighted by atomic mass is 10.1. The molecule has 1 unspecified atom stereocenters. The molecule has 0 aliphatic heterocycles. The number of nitrogens with zero attached hydrogens (tertiary/aromatic N) is 3. The Labute approximate surface area is 210 Å². The van der Waals surface area contributed by atoms with Crippen molar-refractivity contribution in [1.82, 2.24) is 20.4 Å². The second-order valence-corrected chi connectivity index (χ2v) is 8.70. The van der Waals surface area contributed by atoms with E-state index in [1.165, 1.54) is 42.5 Å². The van der Waals surface area contributed by atoms with Gasteiger partial charge in [-0.25, -0.2) is 0 Å². The smallest absolute Gasteiger partial charge is 0.191 e. The van der Waals surface area contributed by atoms with Crippen LogP contribution in [-0.4, -0.2) is 41.0 Å². The van der Waals surface area contributed by atoms with E-state index in [4.69, 9.17) is 9.73 Å². The van der Waals surface area contributed by atoms with Crippen LogP contribution in [0.1, 0.15) is 62.0 Å². The molecule has 178 valence electrons. The topological polar surface area (TPSA) is 63.5 Å². The van der Waals surface area contributed by atoms with E-state index in [0.717, 1.165) is 43.3 Å². The predicted molar refractivity (Wildman–Crippen MR) is 143 cm³/mol. The van der Waals surface area contributed by atoms with E-state index in [2.05, 4.69) is 67.7 Å². The van der Waals surface area contributed by atoms with Gasteiger partial charge in [0.1, 0.15) is 5.75 Å². The van der Waals surface area contributed by atoms with Gasteiger partial charge in [0.05, 0.1) is 11.8 Å². The van der Waals surface area contributed by atoms with Crippen molar-refractivity contribution in [1.29, 1.82) is 0 Å². The second-order valence-electron chi connectivity index (χ2n) is 8.70. The van der Waals surface area contributed by atoms with Crippen LogP contribution in [0.4, 0.5) is 0 Å². The maximum atomic E-state index is 6.06. The second kappa shape index (κ2) is 13.1. The van der Waals surface area contributed by atoms with Crippen LogP contribution in [0, 0.1) is 13.8 Å². The fourth-order valence-electron chi connectivity index (χ4n) is 4.25. The zero-order valence-corrected chi connectivity index (χ0v) is 22.6. The Morgan fingerprint density at radius 2 is 1.91 bits per heavy atom. The molecule has 32 heavy (non-hydrogen) atoms. The summed E-state index contributed by atoms with van der Waals surface area (Å²) in [7, 11) is 2.00. The quantitative estimate of drug-likeness (QED) is 0.269. The first-order valence-electron chi connectivity index (χ1n) is 11.8. The lowest BCUT2D eigenvalue weighted by Crippen LogP contribution is -2.43. The Morgan fingerprint density at radius 1 is 1.22 bits per heavy atom. The van der Waals surface area contributed by atoms with Gasteiger partial charge in [0, 0.05) is 31.9 Å². The molecule has 3 rings (SSSR count). The van der Waals surface area contributed by atoms with Gasteiger partial charge in [-0.3, -0.25) is 9.67 Å². The highest BCUT2D eigenvalue weighted by Gasteiger charge is 2.16. The van der Waals surface area contributed by atoms with E-state index in [1.54, 1.807) is 0 Å². The Balaban J connectivity index is 0.00000363. The van der Waals surface area contributed by atoms with Crippen molar-refractivity contribution in [2.75, 3.05) is 13.1 Å². The largest absolute Gasteiger partial charge is 0.490 e. The number of nitrogens with one attached hydrogen (secondary N) is 2. The lowest BCUT2D eigenvalue weighted by Gasteiger charge is -2.18. The maximum Gasteiger partial charge on any atom is 0.191 e. The molecule has 2 aromatic rings. The average molecular weight is 554 g/mol. The van der Waals surface area contributed by atoms with Gasteiger partial charge in [0.25, 0.3) is 0 Å². The summed E-state index contributed by atoms with van der Waals surface area (Å²) in [6, 6.07) is 8.79. The van der Waals surface area contributed by atoms with Crippen molar-refractivity contribution >= 4 is 29.9 Å². The molecule has 2 N–H and O–H groups in total. The zero-order chi connectivity index (χ0) is 22.2. The highest BCUT2D eigenvalue weighted by atomic mass is 127. The van der Waals surface area contributed by atoms with Gasteiger partial charge < -0.3 is 15.4 Å². The summed E-state index contributed by atoms with van der Waals surface area (Å²) >= 11 is 0. The molecule has 6 nitrogen and oxygen atoms in total. The SMILES string of the molecule is CCNC(=NCCc1ccc(OC2CCCC2)cc1)NC(C)Cc1c(C)nn(C)c1C.I. The van der Waals surface area contributed by atoms with E-state index < -0.39 is 0 Å². The van der Waals surface area contributed by atoms with Crippen LogP contribution >= 0.6 is 24.0 Å². The standard InChI is InChI=1S/C25H39N5O.HI/c1-6-26-25(28-18(2)17-24-19(3)29-30(5)20(24)4)27-16-15-21-11-13-23(14-12-21)31-22-9-7-8-10-22;/h11-14,18,22H,6-10,15-17H2,1-5H3,(H2,26,27,28);1H. The Kier molecular flexibility index (Phi) is 10.8. The highest BCUT2D eigenvalue weighted by Crippen LogP contribution is 2.24. The number of halogens is 1. The van der Waals surface area contributed by atoms with Gasteiger partial charge >= 0.3 is 0 Å². The fourth-order valence-corrected chi connectivity index (χ4v) is 4.25. The van der Waals surface area contributed by atoms with Crippen molar-refractivity contribution in [3.63, 3.8) is 0 Å². The van der Waals surface area contributed by atoms with E-state index in [1.807, 2.05) is 11.7 Å². The molecule has 1 aliphatic carbocycles. The number of aryl methyl sites for hydroxylation is 2. The van der Waals surface area contributed by atoms with Gasteiger partial charge in [-0.2, -0.15) is 5.10 Å². The Hall–Kier alpha value is -1.77. The summed E-state index contributed by atoms with van der Waals surface area (Å²) in [5, 5.41) is 11.4. The monoisotopic (exact) mass is 553 g/mol. The summed E-state index contributed by atoms with van der Waals surface area (Å²) in [6.45, 7) is 10.1. The third-order valence-corrected chi connectivity index (χ3v) is 6.10. The molecular formula is C25H40IN5O. The molecule has 0 bridgehead atoms. The molecule has 0 radical (unpaired) electrons. The van der Waals surface area contributed by atoms with Crippen LogP contribution in [0.5, 0.6) is 5.75 Å². The first kappa shape index (κ1) is 26.5. The normalized spacial score (nSPS) is 15.3. The molecule has 0 saturated heterocycles. The van der Waals surface area contributed by atoms with E-state index in [0.29, 0.717) is 6.10 Å². The third-order valence-electron chi connectivity index (χ3n) is 6.10. The molecule has 1 aromatic heterocycles. The first-order valence-corrected chi connectivity index (χ1v) is 11.8. The van der Waals surface area contributed by atoms with Gasteiger partial charge in [-0.1, -0.05) is 12.1 Å². The number of hydrogen-bond acceptors (Lipinski definition) is 3. The maximum absolute atomic E-state index is 6.06. The summed E-state index contributed by atoms with van der Waals surface area (Å²) in [5.74, 6) is 1.86. The van der Waals surface area contributed by atoms with Gasteiger partial charge in [0.15, 0.2) is 5.96 Å². The van der Waals surface area contributed by atoms with Crippen LogP contribution in [0.25, 0.3) is 0 Å². The molecule has 7 heteroatoms. The number of rotatable bonds is 9. The van der Waals surface area contributed by atoms with Crippen molar-refractivity contribution in [3.05, 3.63) is 46.8 Å². The van der Waals surface area contributed by atoms with Gasteiger partial charge in [0.2, 0.25) is 0 Å². The van der Waals surface area contributed by atoms with Crippen molar-refractivity contribution < 1.29 is 4.74 Å². The van der Waals surface area contributed by atoms with Gasteiger partial charge in [-0.15, -0.1) is 24.0 Å². The number of aliphatic imine (C=N–C) groups is 1. The predicted octanol–water partition coefficient (Wildman–Crippen LogP) is 4.71. The summed E-state index contributed by atoms with van der Waals surface area (Å²) < 4.78 is 8.02. The van der Waals surface area contributed by atoms with E-state index in [9.17, 15) is 0 Å². The molecule has 1 aromatic carbocycles. The first-order chi connectivity index (χ1) is 15.0. The summed E-state index contributed by atoms with van der Waals surface area (Å²) in [4.78, 5) is 4.79.